The van der Waals surface area contributed by atoms with Gasteiger partial charge in [-0.3, -0.25) is 9.78 Å². The maximum Gasteiger partial charge on any atom is 0.253 e. The van der Waals surface area contributed by atoms with Crippen molar-refractivity contribution >= 4 is 11.9 Å². The quantitative estimate of drug-likeness (QED) is 0.460. The van der Waals surface area contributed by atoms with Crippen LogP contribution < -0.4 is 5.73 Å². The Morgan fingerprint density at radius 1 is 1.00 bits per heavy atom. The predicted octanol–water partition coefficient (Wildman–Crippen LogP) is 2.28. The number of methoxy groups -OCH3 is 1. The fourth-order valence-corrected chi connectivity index (χ4v) is 3.32. The van der Waals surface area contributed by atoms with Crippen LogP contribution in [-0.4, -0.2) is 62.0 Å². The molecule has 10 heteroatoms. The van der Waals surface area contributed by atoms with E-state index in [1.807, 2.05) is 30.3 Å². The van der Waals surface area contributed by atoms with E-state index in [0.717, 1.165) is 17.0 Å². The van der Waals surface area contributed by atoms with E-state index in [1.165, 1.54) is 4.90 Å². The van der Waals surface area contributed by atoms with Gasteiger partial charge in [0.25, 0.3) is 5.91 Å². The van der Waals surface area contributed by atoms with Crippen LogP contribution in [0.3, 0.4) is 0 Å². The standard InChI is InChI=1S/C23H24N8O2/c1-30(2)22(32)16-7-4-6-15(10-16)19-11-20(27-23(24)26-19)21-13-31(29-28-21)12-17-8-5-9-18(25-17)14-33-3/h4-11,13H,12,14H2,1-3H3,(H2,24,26,27). The summed E-state index contributed by atoms with van der Waals surface area (Å²) in [5, 5.41) is 8.44. The summed E-state index contributed by atoms with van der Waals surface area (Å²) in [7, 11) is 5.06. The van der Waals surface area contributed by atoms with Crippen molar-refractivity contribution in [1.29, 1.82) is 0 Å². The molecule has 1 amide bonds. The van der Waals surface area contributed by atoms with Crippen LogP contribution in [0.25, 0.3) is 22.6 Å². The molecule has 4 rings (SSSR count). The van der Waals surface area contributed by atoms with Gasteiger partial charge in [0.05, 0.1) is 42.1 Å². The molecule has 0 bridgehead atoms. The molecule has 0 unspecified atom stereocenters. The van der Waals surface area contributed by atoms with E-state index in [1.54, 1.807) is 50.3 Å². The Morgan fingerprint density at radius 2 is 1.76 bits per heavy atom. The van der Waals surface area contributed by atoms with E-state index < -0.39 is 0 Å². The zero-order chi connectivity index (χ0) is 23.4. The summed E-state index contributed by atoms with van der Waals surface area (Å²) in [6, 6.07) is 14.8. The maximum absolute atomic E-state index is 12.3. The summed E-state index contributed by atoms with van der Waals surface area (Å²) in [5.41, 5.74) is 10.7. The molecular weight excluding hydrogens is 420 g/mol. The molecule has 0 radical (unpaired) electrons. The van der Waals surface area contributed by atoms with Gasteiger partial charge in [0.1, 0.15) is 5.69 Å². The van der Waals surface area contributed by atoms with Crippen molar-refractivity contribution in [2.75, 3.05) is 26.9 Å². The van der Waals surface area contributed by atoms with Crippen molar-refractivity contribution in [3.8, 4) is 22.6 Å². The first-order valence-electron chi connectivity index (χ1n) is 10.2. The van der Waals surface area contributed by atoms with Gasteiger partial charge in [-0.15, -0.1) is 5.10 Å². The molecule has 0 saturated carbocycles. The SMILES string of the molecule is COCc1cccc(Cn2cc(-c3cc(-c4cccc(C(=O)N(C)C)c4)nc(N)n3)nn2)n1. The Hall–Kier alpha value is -4.18. The number of aromatic nitrogens is 6. The van der Waals surface area contributed by atoms with Gasteiger partial charge in [-0.05, 0) is 30.3 Å². The van der Waals surface area contributed by atoms with Crippen LogP contribution in [0.1, 0.15) is 21.7 Å². The van der Waals surface area contributed by atoms with Crippen molar-refractivity contribution < 1.29 is 9.53 Å². The highest BCUT2D eigenvalue weighted by Gasteiger charge is 2.13. The Kier molecular flexibility index (Phi) is 6.36. The van der Waals surface area contributed by atoms with E-state index in [2.05, 4.69) is 25.3 Å². The molecule has 3 aromatic heterocycles. The minimum absolute atomic E-state index is 0.0924. The summed E-state index contributed by atoms with van der Waals surface area (Å²) in [6.45, 7) is 0.896. The minimum atomic E-state index is -0.0924. The molecule has 168 valence electrons. The third kappa shape index (κ3) is 5.18. The second-order valence-electron chi connectivity index (χ2n) is 7.63. The Labute approximate surface area is 191 Å². The molecule has 0 aliphatic rings. The largest absolute Gasteiger partial charge is 0.378 e. The molecule has 0 aliphatic carbocycles. The molecule has 3 heterocycles. The third-order valence-corrected chi connectivity index (χ3v) is 4.84. The predicted molar refractivity (Wildman–Crippen MR) is 123 cm³/mol. The number of amides is 1. The first-order chi connectivity index (χ1) is 15.9. The zero-order valence-electron chi connectivity index (χ0n) is 18.6. The summed E-state index contributed by atoms with van der Waals surface area (Å²) < 4.78 is 6.82. The smallest absolute Gasteiger partial charge is 0.253 e. The summed E-state index contributed by atoms with van der Waals surface area (Å²) >= 11 is 0. The van der Waals surface area contributed by atoms with Crippen LogP contribution in [0.5, 0.6) is 0 Å². The molecule has 1 aromatic carbocycles. The van der Waals surface area contributed by atoms with Gasteiger partial charge in [0.15, 0.2) is 0 Å². The zero-order valence-corrected chi connectivity index (χ0v) is 18.6. The monoisotopic (exact) mass is 444 g/mol. The fourth-order valence-electron chi connectivity index (χ4n) is 3.32. The van der Waals surface area contributed by atoms with Gasteiger partial charge in [0, 0.05) is 32.3 Å². The average Bonchev–Trinajstić information content (AvgIpc) is 3.27. The Bertz CT molecular complexity index is 1280. The number of pyridine rings is 1. The Balaban J connectivity index is 1.60. The van der Waals surface area contributed by atoms with Gasteiger partial charge in [0.2, 0.25) is 5.95 Å². The number of ether oxygens (including phenoxy) is 1. The number of carbonyl (C=O) groups excluding carboxylic acids is 1. The second-order valence-corrected chi connectivity index (χ2v) is 7.63. The molecule has 2 N–H and O–H groups in total. The van der Waals surface area contributed by atoms with Crippen LogP contribution in [0.4, 0.5) is 5.95 Å². The number of benzene rings is 1. The van der Waals surface area contributed by atoms with E-state index >= 15 is 0 Å². The molecule has 0 aliphatic heterocycles. The molecule has 10 nitrogen and oxygen atoms in total. The Morgan fingerprint density at radius 3 is 2.55 bits per heavy atom. The van der Waals surface area contributed by atoms with Crippen molar-refractivity contribution in [3.63, 3.8) is 0 Å². The van der Waals surface area contributed by atoms with Gasteiger partial charge in [-0.2, -0.15) is 0 Å². The lowest BCUT2D eigenvalue weighted by molar-refractivity contribution is 0.0827. The third-order valence-electron chi connectivity index (χ3n) is 4.84. The molecule has 4 aromatic rings. The lowest BCUT2D eigenvalue weighted by atomic mass is 10.1. The van der Waals surface area contributed by atoms with E-state index in [-0.39, 0.29) is 11.9 Å². The lowest BCUT2D eigenvalue weighted by Gasteiger charge is -2.11. The molecular formula is C23H24N8O2. The van der Waals surface area contributed by atoms with Crippen molar-refractivity contribution in [2.45, 2.75) is 13.2 Å². The number of rotatable bonds is 7. The van der Waals surface area contributed by atoms with Gasteiger partial charge in [-0.25, -0.2) is 14.6 Å². The fraction of sp³-hybridized carbons (Fsp3) is 0.217. The number of hydrogen-bond donors (Lipinski definition) is 1. The number of anilines is 1. The maximum atomic E-state index is 12.3. The van der Waals surface area contributed by atoms with Crippen LogP contribution in [0.2, 0.25) is 0 Å². The topological polar surface area (TPSA) is 125 Å². The summed E-state index contributed by atoms with van der Waals surface area (Å²) in [4.78, 5) is 27.1. The summed E-state index contributed by atoms with van der Waals surface area (Å²) in [6.07, 6.45) is 1.78. The van der Waals surface area contributed by atoms with Crippen LogP contribution in [0, 0.1) is 0 Å². The molecule has 0 spiro atoms. The van der Waals surface area contributed by atoms with Gasteiger partial charge >= 0.3 is 0 Å². The first kappa shape index (κ1) is 22.0. The highest BCUT2D eigenvalue weighted by Crippen LogP contribution is 2.24. The average molecular weight is 444 g/mol. The van der Waals surface area contributed by atoms with E-state index in [0.29, 0.717) is 35.8 Å². The first-order valence-corrected chi connectivity index (χ1v) is 10.2. The number of hydrogen-bond acceptors (Lipinski definition) is 8. The molecule has 33 heavy (non-hydrogen) atoms. The number of carbonyl (C=O) groups is 1. The van der Waals surface area contributed by atoms with Crippen LogP contribution in [-0.2, 0) is 17.9 Å². The van der Waals surface area contributed by atoms with Crippen LogP contribution >= 0.6 is 0 Å². The van der Waals surface area contributed by atoms with E-state index in [9.17, 15) is 4.79 Å². The number of nitrogens with two attached hydrogens (primary N) is 1. The second kappa shape index (κ2) is 9.53. The number of nitrogens with zero attached hydrogens (tertiary/aromatic N) is 7. The molecule has 0 fully saturated rings. The van der Waals surface area contributed by atoms with Crippen molar-refractivity contribution in [3.05, 3.63) is 71.7 Å². The highest BCUT2D eigenvalue weighted by molar-refractivity contribution is 5.95. The van der Waals surface area contributed by atoms with Crippen molar-refractivity contribution in [1.82, 2.24) is 34.8 Å². The lowest BCUT2D eigenvalue weighted by Crippen LogP contribution is -2.21. The van der Waals surface area contributed by atoms with Gasteiger partial charge in [-0.1, -0.05) is 23.4 Å². The van der Waals surface area contributed by atoms with Crippen molar-refractivity contribution in [2.24, 2.45) is 0 Å². The molecule has 0 saturated heterocycles. The van der Waals surface area contributed by atoms with E-state index in [4.69, 9.17) is 10.5 Å². The normalized spacial score (nSPS) is 10.9. The summed E-state index contributed by atoms with van der Waals surface area (Å²) in [5.74, 6) is 0.0144. The van der Waals surface area contributed by atoms with Crippen LogP contribution in [0.15, 0.2) is 54.7 Å². The highest BCUT2D eigenvalue weighted by atomic mass is 16.5. The number of nitrogen functional groups attached to an aromatic ring is 1. The minimum Gasteiger partial charge on any atom is -0.378 e. The molecule has 0 atom stereocenters. The van der Waals surface area contributed by atoms with Gasteiger partial charge < -0.3 is 15.4 Å².